The number of hydrogen-bond acceptors (Lipinski definition) is 5. The Morgan fingerprint density at radius 2 is 2.20 bits per heavy atom. The number of para-hydroxylation sites is 1. The molecule has 0 aliphatic heterocycles. The highest BCUT2D eigenvalue weighted by Crippen LogP contribution is 2.27. The van der Waals surface area contributed by atoms with Crippen LogP contribution in [0.1, 0.15) is 18.2 Å². The molecule has 2 rings (SSSR count). The van der Waals surface area contributed by atoms with Crippen LogP contribution in [0.3, 0.4) is 0 Å². The van der Waals surface area contributed by atoms with E-state index in [1.165, 1.54) is 6.07 Å². The van der Waals surface area contributed by atoms with Gasteiger partial charge in [-0.2, -0.15) is 0 Å². The third-order valence-corrected chi connectivity index (χ3v) is 3.04. The van der Waals surface area contributed by atoms with Gasteiger partial charge in [0.1, 0.15) is 5.76 Å². The molecule has 0 amide bonds. The van der Waals surface area contributed by atoms with E-state index in [1.54, 1.807) is 25.3 Å². The molecule has 0 radical (unpaired) electrons. The third-order valence-electron chi connectivity index (χ3n) is 3.04. The first-order valence-electron chi connectivity index (χ1n) is 6.47. The smallest absolute Gasteiger partial charge is 0.169 e. The molecule has 1 aromatic heterocycles. The molecule has 110 valence electrons. The Morgan fingerprint density at radius 1 is 1.35 bits per heavy atom. The molecule has 20 heavy (non-hydrogen) atoms. The van der Waals surface area contributed by atoms with Crippen molar-refractivity contribution < 1.29 is 18.3 Å². The van der Waals surface area contributed by atoms with Gasteiger partial charge in [-0.15, -0.1) is 0 Å². The van der Waals surface area contributed by atoms with Crippen LogP contribution in [0.15, 0.2) is 28.7 Å². The number of hydrazine groups is 1. The number of hydrogen-bond donors (Lipinski definition) is 2. The zero-order valence-electron chi connectivity index (χ0n) is 11.4. The van der Waals surface area contributed by atoms with Crippen LogP contribution in [0.2, 0.25) is 0 Å². The van der Waals surface area contributed by atoms with E-state index in [0.717, 1.165) is 5.39 Å². The van der Waals surface area contributed by atoms with Crippen LogP contribution in [0.5, 0.6) is 0 Å². The Bertz CT molecular complexity index is 544. The second-order valence-corrected chi connectivity index (χ2v) is 4.42. The lowest BCUT2D eigenvalue weighted by atomic mass is 10.1. The normalized spacial score (nSPS) is 12.9. The van der Waals surface area contributed by atoms with Crippen LogP contribution in [0, 0.1) is 5.82 Å². The van der Waals surface area contributed by atoms with E-state index in [0.29, 0.717) is 32.0 Å². The molecule has 1 heterocycles. The number of methoxy groups -OCH3 is 1. The lowest BCUT2D eigenvalue weighted by Crippen LogP contribution is -2.28. The first kappa shape index (κ1) is 14.9. The minimum Gasteiger partial charge on any atom is -0.456 e. The average molecular weight is 282 g/mol. The summed E-state index contributed by atoms with van der Waals surface area (Å²) >= 11 is 0. The summed E-state index contributed by atoms with van der Waals surface area (Å²) in [4.78, 5) is 0. The van der Waals surface area contributed by atoms with Gasteiger partial charge in [0.25, 0.3) is 0 Å². The molecule has 0 aliphatic carbocycles. The number of rotatable bonds is 8. The number of nitrogens with one attached hydrogen (secondary N) is 1. The summed E-state index contributed by atoms with van der Waals surface area (Å²) in [6, 6.07) is 6.39. The number of furan rings is 1. The molecule has 6 heteroatoms. The van der Waals surface area contributed by atoms with Gasteiger partial charge in [0.05, 0.1) is 19.3 Å². The Kier molecular flexibility index (Phi) is 5.49. The lowest BCUT2D eigenvalue weighted by Gasteiger charge is -2.13. The first-order chi connectivity index (χ1) is 9.76. The maximum atomic E-state index is 13.6. The Morgan fingerprint density at radius 3 is 2.90 bits per heavy atom. The van der Waals surface area contributed by atoms with Crippen LogP contribution in [0.25, 0.3) is 11.0 Å². The fraction of sp³-hybridized carbons (Fsp3) is 0.429. The zero-order valence-corrected chi connectivity index (χ0v) is 11.4. The van der Waals surface area contributed by atoms with Crippen molar-refractivity contribution in [2.75, 3.05) is 26.9 Å². The SMILES string of the molecule is COCCOCCC(NN)c1cc2cccc(F)c2o1. The molecule has 0 fully saturated rings. The van der Waals surface area contributed by atoms with Gasteiger partial charge in [-0.05, 0) is 18.6 Å². The Balaban J connectivity index is 2.00. The summed E-state index contributed by atoms with van der Waals surface area (Å²) in [5.74, 6) is 5.75. The van der Waals surface area contributed by atoms with Crippen LogP contribution in [-0.4, -0.2) is 26.9 Å². The molecule has 1 unspecified atom stereocenters. The van der Waals surface area contributed by atoms with E-state index in [4.69, 9.17) is 19.7 Å². The zero-order chi connectivity index (χ0) is 14.4. The second kappa shape index (κ2) is 7.35. The minimum atomic E-state index is -0.374. The van der Waals surface area contributed by atoms with Crippen molar-refractivity contribution in [1.29, 1.82) is 0 Å². The van der Waals surface area contributed by atoms with Crippen molar-refractivity contribution in [2.24, 2.45) is 5.84 Å². The minimum absolute atomic E-state index is 0.218. The fourth-order valence-corrected chi connectivity index (χ4v) is 1.97. The highest BCUT2D eigenvalue weighted by atomic mass is 19.1. The summed E-state index contributed by atoms with van der Waals surface area (Å²) < 4.78 is 29.4. The molecular formula is C14H19FN2O3. The molecule has 0 aliphatic rings. The predicted molar refractivity (Wildman–Crippen MR) is 73.5 cm³/mol. The predicted octanol–water partition coefficient (Wildman–Crippen LogP) is 2.13. The highest BCUT2D eigenvalue weighted by Gasteiger charge is 2.16. The molecule has 0 spiro atoms. The van der Waals surface area contributed by atoms with Gasteiger partial charge in [0.15, 0.2) is 11.4 Å². The summed E-state index contributed by atoms with van der Waals surface area (Å²) in [5.41, 5.74) is 2.92. The highest BCUT2D eigenvalue weighted by molar-refractivity contribution is 5.78. The standard InChI is InChI=1S/C14H19FN2O3/c1-18-7-8-19-6-5-12(17-16)13-9-10-3-2-4-11(15)14(10)20-13/h2-4,9,12,17H,5-8,16H2,1H3. The van der Waals surface area contributed by atoms with Crippen molar-refractivity contribution in [2.45, 2.75) is 12.5 Å². The number of fused-ring (bicyclic) bond motifs is 1. The molecule has 1 aromatic carbocycles. The quantitative estimate of drug-likeness (QED) is 0.441. The van der Waals surface area contributed by atoms with Crippen LogP contribution >= 0.6 is 0 Å². The van der Waals surface area contributed by atoms with E-state index in [-0.39, 0.29) is 17.4 Å². The van der Waals surface area contributed by atoms with Crippen molar-refractivity contribution >= 4 is 11.0 Å². The van der Waals surface area contributed by atoms with Gasteiger partial charge in [-0.3, -0.25) is 5.84 Å². The number of ether oxygens (including phenoxy) is 2. The first-order valence-corrected chi connectivity index (χ1v) is 6.47. The lowest BCUT2D eigenvalue weighted by molar-refractivity contribution is 0.0649. The average Bonchev–Trinajstić information content (AvgIpc) is 2.88. The van der Waals surface area contributed by atoms with Crippen molar-refractivity contribution in [3.63, 3.8) is 0 Å². The van der Waals surface area contributed by atoms with Gasteiger partial charge in [0, 0.05) is 19.1 Å². The number of halogens is 1. The molecule has 3 N–H and O–H groups in total. The monoisotopic (exact) mass is 282 g/mol. The van der Waals surface area contributed by atoms with Gasteiger partial charge in [-0.1, -0.05) is 12.1 Å². The summed E-state index contributed by atoms with van der Waals surface area (Å²) in [6.45, 7) is 1.59. The van der Waals surface area contributed by atoms with Crippen molar-refractivity contribution in [3.05, 3.63) is 35.8 Å². The van der Waals surface area contributed by atoms with E-state index in [1.807, 2.05) is 0 Å². The number of benzene rings is 1. The van der Waals surface area contributed by atoms with Gasteiger partial charge in [0.2, 0.25) is 0 Å². The van der Waals surface area contributed by atoms with Gasteiger partial charge < -0.3 is 13.9 Å². The molecule has 1 atom stereocenters. The summed E-state index contributed by atoms with van der Waals surface area (Å²) in [6.07, 6.45) is 0.627. The van der Waals surface area contributed by atoms with E-state index >= 15 is 0 Å². The molecule has 0 saturated heterocycles. The van der Waals surface area contributed by atoms with E-state index < -0.39 is 0 Å². The van der Waals surface area contributed by atoms with Crippen molar-refractivity contribution in [3.8, 4) is 0 Å². The maximum absolute atomic E-state index is 13.6. The molecule has 2 aromatic rings. The summed E-state index contributed by atoms with van der Waals surface area (Å²) in [7, 11) is 1.62. The van der Waals surface area contributed by atoms with Gasteiger partial charge >= 0.3 is 0 Å². The fourth-order valence-electron chi connectivity index (χ4n) is 1.97. The van der Waals surface area contributed by atoms with E-state index in [9.17, 15) is 4.39 Å². The maximum Gasteiger partial charge on any atom is 0.169 e. The van der Waals surface area contributed by atoms with Gasteiger partial charge in [-0.25, -0.2) is 9.82 Å². The van der Waals surface area contributed by atoms with Crippen LogP contribution in [0.4, 0.5) is 4.39 Å². The molecule has 0 bridgehead atoms. The molecule has 5 nitrogen and oxygen atoms in total. The Labute approximate surface area is 116 Å². The molecular weight excluding hydrogens is 263 g/mol. The Hall–Kier alpha value is -1.47. The van der Waals surface area contributed by atoms with Crippen LogP contribution < -0.4 is 11.3 Å². The summed E-state index contributed by atoms with van der Waals surface area (Å²) in [5, 5.41) is 0.723. The largest absolute Gasteiger partial charge is 0.456 e. The van der Waals surface area contributed by atoms with Crippen LogP contribution in [-0.2, 0) is 9.47 Å². The third kappa shape index (κ3) is 3.55. The van der Waals surface area contributed by atoms with E-state index in [2.05, 4.69) is 5.43 Å². The number of nitrogens with two attached hydrogens (primary N) is 1. The molecule has 0 saturated carbocycles. The topological polar surface area (TPSA) is 69.7 Å². The van der Waals surface area contributed by atoms with Crippen molar-refractivity contribution in [1.82, 2.24) is 5.43 Å². The second-order valence-electron chi connectivity index (χ2n) is 4.42.